The van der Waals surface area contributed by atoms with Crippen LogP contribution in [0.2, 0.25) is 0 Å². The summed E-state index contributed by atoms with van der Waals surface area (Å²) in [7, 11) is 3.81. The van der Waals surface area contributed by atoms with Crippen LogP contribution in [-0.2, 0) is 20.9 Å². The number of likely N-dealkylation sites (tertiary alicyclic amines) is 1. The Kier molecular flexibility index (Phi) is 9.07. The van der Waals surface area contributed by atoms with Gasteiger partial charge in [0.2, 0.25) is 5.91 Å². The maximum atomic E-state index is 12.8. The van der Waals surface area contributed by atoms with Crippen molar-refractivity contribution in [2.24, 2.45) is 5.92 Å². The molecule has 0 radical (unpaired) electrons. The van der Waals surface area contributed by atoms with Crippen LogP contribution in [0, 0.1) is 5.92 Å². The summed E-state index contributed by atoms with van der Waals surface area (Å²) in [5.41, 5.74) is 1.28. The highest BCUT2D eigenvalue weighted by Crippen LogP contribution is 2.22. The van der Waals surface area contributed by atoms with Crippen molar-refractivity contribution in [3.63, 3.8) is 0 Å². The minimum Gasteiger partial charge on any atom is -0.497 e. The molecule has 0 bridgehead atoms. The molecule has 9 nitrogen and oxygen atoms in total. The van der Waals surface area contributed by atoms with Gasteiger partial charge in [-0.1, -0.05) is 12.1 Å². The van der Waals surface area contributed by atoms with Crippen molar-refractivity contribution in [3.05, 3.63) is 29.8 Å². The average Bonchev–Trinajstić information content (AvgIpc) is 2.75. The molecule has 1 aromatic rings. The molecular weight excluding hydrogens is 390 g/mol. The van der Waals surface area contributed by atoms with E-state index in [0.717, 1.165) is 64.4 Å². The van der Waals surface area contributed by atoms with Gasteiger partial charge in [0.1, 0.15) is 5.75 Å². The lowest BCUT2D eigenvalue weighted by Gasteiger charge is -2.38. The fourth-order valence-corrected chi connectivity index (χ4v) is 3.67. The molecule has 1 aromatic carbocycles. The molecule has 1 amide bonds. The number of piperazine rings is 1. The number of piperidine rings is 1. The molecule has 1 atom stereocenters. The molecular formula is C21H31N3O6. The molecule has 30 heavy (non-hydrogen) atoms. The second-order valence-corrected chi connectivity index (χ2v) is 7.66. The number of benzene rings is 1. The van der Waals surface area contributed by atoms with E-state index < -0.39 is 11.9 Å². The van der Waals surface area contributed by atoms with Gasteiger partial charge in [0, 0.05) is 39.3 Å². The van der Waals surface area contributed by atoms with Crippen molar-refractivity contribution in [2.75, 3.05) is 53.4 Å². The Hall–Kier alpha value is -2.65. The Morgan fingerprint density at radius 3 is 2.13 bits per heavy atom. The van der Waals surface area contributed by atoms with E-state index >= 15 is 0 Å². The SMILES string of the molecule is COc1ccc(CN2CCCC(C(=O)N3CCN(C)CC3)C2)cc1.O=C(O)C(=O)O. The highest BCUT2D eigenvalue weighted by molar-refractivity contribution is 6.27. The van der Waals surface area contributed by atoms with Crippen LogP contribution in [0.4, 0.5) is 0 Å². The summed E-state index contributed by atoms with van der Waals surface area (Å²) < 4.78 is 5.22. The van der Waals surface area contributed by atoms with Gasteiger partial charge >= 0.3 is 11.9 Å². The van der Waals surface area contributed by atoms with Crippen molar-refractivity contribution in [3.8, 4) is 5.75 Å². The van der Waals surface area contributed by atoms with Crippen molar-refractivity contribution in [1.29, 1.82) is 0 Å². The van der Waals surface area contributed by atoms with Crippen LogP contribution in [-0.4, -0.2) is 96.2 Å². The molecule has 2 aliphatic rings. The quantitative estimate of drug-likeness (QED) is 0.688. The summed E-state index contributed by atoms with van der Waals surface area (Å²) in [6.45, 7) is 6.63. The fraction of sp³-hybridized carbons (Fsp3) is 0.571. The van der Waals surface area contributed by atoms with E-state index in [1.165, 1.54) is 5.56 Å². The number of carboxylic acids is 2. The van der Waals surface area contributed by atoms with Gasteiger partial charge in [-0.15, -0.1) is 0 Å². The second-order valence-electron chi connectivity index (χ2n) is 7.66. The number of carboxylic acid groups (broad SMARTS) is 2. The van der Waals surface area contributed by atoms with E-state index in [0.29, 0.717) is 5.91 Å². The molecule has 2 aliphatic heterocycles. The van der Waals surface area contributed by atoms with E-state index in [2.05, 4.69) is 33.9 Å². The number of hydrogen-bond acceptors (Lipinski definition) is 6. The van der Waals surface area contributed by atoms with E-state index in [4.69, 9.17) is 24.5 Å². The molecule has 2 heterocycles. The van der Waals surface area contributed by atoms with Gasteiger partial charge in [-0.05, 0) is 44.1 Å². The molecule has 9 heteroatoms. The number of methoxy groups -OCH3 is 1. The van der Waals surface area contributed by atoms with Crippen LogP contribution in [0.1, 0.15) is 18.4 Å². The molecule has 2 saturated heterocycles. The van der Waals surface area contributed by atoms with Gasteiger partial charge in [0.05, 0.1) is 13.0 Å². The Balaban J connectivity index is 0.000000469. The number of hydrogen-bond donors (Lipinski definition) is 2. The number of carbonyl (C=O) groups is 3. The van der Waals surface area contributed by atoms with Crippen LogP contribution in [0.15, 0.2) is 24.3 Å². The Labute approximate surface area is 176 Å². The average molecular weight is 421 g/mol. The van der Waals surface area contributed by atoms with Gasteiger partial charge in [-0.25, -0.2) is 9.59 Å². The lowest BCUT2D eigenvalue weighted by molar-refractivity contribution is -0.159. The zero-order valence-corrected chi connectivity index (χ0v) is 17.6. The topological polar surface area (TPSA) is 111 Å². The van der Waals surface area contributed by atoms with Crippen molar-refractivity contribution in [2.45, 2.75) is 19.4 Å². The smallest absolute Gasteiger partial charge is 0.414 e. The predicted molar refractivity (Wildman–Crippen MR) is 110 cm³/mol. The maximum absolute atomic E-state index is 12.8. The highest BCUT2D eigenvalue weighted by atomic mass is 16.5. The van der Waals surface area contributed by atoms with Crippen LogP contribution in [0.5, 0.6) is 5.75 Å². The first-order valence-corrected chi connectivity index (χ1v) is 10.1. The first-order valence-electron chi connectivity index (χ1n) is 10.1. The molecule has 0 aromatic heterocycles. The summed E-state index contributed by atoms with van der Waals surface area (Å²) in [6, 6.07) is 8.24. The molecule has 166 valence electrons. The summed E-state index contributed by atoms with van der Waals surface area (Å²) in [6.07, 6.45) is 2.14. The number of carbonyl (C=O) groups excluding carboxylic acids is 1. The summed E-state index contributed by atoms with van der Waals surface area (Å²) in [4.78, 5) is 37.8. The zero-order chi connectivity index (χ0) is 22.1. The first-order chi connectivity index (χ1) is 14.3. The maximum Gasteiger partial charge on any atom is 0.414 e. The predicted octanol–water partition coefficient (Wildman–Crippen LogP) is 0.837. The minimum atomic E-state index is -1.82. The van der Waals surface area contributed by atoms with Crippen LogP contribution in [0.3, 0.4) is 0 Å². The number of likely N-dealkylation sites (N-methyl/N-ethyl adjacent to an activating group) is 1. The lowest BCUT2D eigenvalue weighted by Crippen LogP contribution is -2.51. The summed E-state index contributed by atoms with van der Waals surface area (Å²) >= 11 is 0. The van der Waals surface area contributed by atoms with E-state index in [1.54, 1.807) is 7.11 Å². The third-order valence-electron chi connectivity index (χ3n) is 5.42. The van der Waals surface area contributed by atoms with E-state index in [9.17, 15) is 4.79 Å². The minimum absolute atomic E-state index is 0.167. The fourth-order valence-electron chi connectivity index (χ4n) is 3.67. The van der Waals surface area contributed by atoms with Crippen LogP contribution in [0.25, 0.3) is 0 Å². The highest BCUT2D eigenvalue weighted by Gasteiger charge is 2.30. The second kappa shape index (κ2) is 11.5. The monoisotopic (exact) mass is 421 g/mol. The molecule has 0 spiro atoms. The standard InChI is InChI=1S/C19H29N3O2.C2H2O4/c1-20-10-12-22(13-11-20)19(23)17-4-3-9-21(15-17)14-16-5-7-18(24-2)8-6-16;3-1(4)2(5)6/h5-8,17H,3-4,9-15H2,1-2H3;(H,3,4)(H,5,6). The number of nitrogens with zero attached hydrogens (tertiary/aromatic N) is 3. The molecule has 0 saturated carbocycles. The van der Waals surface area contributed by atoms with Crippen LogP contribution < -0.4 is 4.74 Å². The number of amides is 1. The molecule has 2 N–H and O–H groups in total. The zero-order valence-electron chi connectivity index (χ0n) is 17.6. The van der Waals surface area contributed by atoms with Crippen molar-refractivity contribution in [1.82, 2.24) is 14.7 Å². The lowest BCUT2D eigenvalue weighted by atomic mass is 9.95. The summed E-state index contributed by atoms with van der Waals surface area (Å²) in [5.74, 6) is -2.23. The normalized spacial score (nSPS) is 20.1. The van der Waals surface area contributed by atoms with Gasteiger partial charge in [0.25, 0.3) is 0 Å². The van der Waals surface area contributed by atoms with Crippen molar-refractivity contribution >= 4 is 17.8 Å². The molecule has 0 aliphatic carbocycles. The number of aliphatic carboxylic acids is 2. The molecule has 1 unspecified atom stereocenters. The van der Waals surface area contributed by atoms with E-state index in [-0.39, 0.29) is 5.92 Å². The summed E-state index contributed by atoms with van der Waals surface area (Å²) in [5, 5.41) is 14.8. The van der Waals surface area contributed by atoms with Crippen LogP contribution >= 0.6 is 0 Å². The van der Waals surface area contributed by atoms with Gasteiger partial charge < -0.3 is 24.7 Å². The molecule has 2 fully saturated rings. The Morgan fingerprint density at radius 2 is 1.60 bits per heavy atom. The Morgan fingerprint density at radius 1 is 1.00 bits per heavy atom. The third-order valence-corrected chi connectivity index (χ3v) is 5.42. The van der Waals surface area contributed by atoms with Gasteiger partial charge in [-0.3, -0.25) is 9.69 Å². The van der Waals surface area contributed by atoms with Gasteiger partial charge in [0.15, 0.2) is 0 Å². The van der Waals surface area contributed by atoms with Gasteiger partial charge in [-0.2, -0.15) is 0 Å². The third kappa shape index (κ3) is 7.31. The first kappa shape index (κ1) is 23.6. The molecule has 3 rings (SSSR count). The number of rotatable bonds is 4. The Bertz CT molecular complexity index is 704. The largest absolute Gasteiger partial charge is 0.497 e. The number of ether oxygens (including phenoxy) is 1. The van der Waals surface area contributed by atoms with Crippen molar-refractivity contribution < 1.29 is 29.3 Å². The van der Waals surface area contributed by atoms with E-state index in [1.807, 2.05) is 12.1 Å².